The van der Waals surface area contributed by atoms with Gasteiger partial charge in [-0.3, -0.25) is 9.59 Å². The van der Waals surface area contributed by atoms with Gasteiger partial charge in [0.05, 0.1) is 12.6 Å². The summed E-state index contributed by atoms with van der Waals surface area (Å²) in [6, 6.07) is 5.31. The van der Waals surface area contributed by atoms with Gasteiger partial charge in [-0.1, -0.05) is 17.7 Å². The molecule has 1 aromatic carbocycles. The van der Waals surface area contributed by atoms with E-state index in [2.05, 4.69) is 5.32 Å². The van der Waals surface area contributed by atoms with Crippen molar-refractivity contribution >= 4 is 29.1 Å². The minimum atomic E-state index is -0.237. The van der Waals surface area contributed by atoms with E-state index in [-0.39, 0.29) is 24.5 Å². The van der Waals surface area contributed by atoms with Crippen LogP contribution in [0.3, 0.4) is 0 Å². The predicted octanol–water partition coefficient (Wildman–Crippen LogP) is 2.61. The monoisotopic (exact) mass is 324 g/mol. The number of nitrogens with zero attached hydrogens (tertiary/aromatic N) is 1. The lowest BCUT2D eigenvalue weighted by atomic mass is 10.2. The van der Waals surface area contributed by atoms with Crippen molar-refractivity contribution < 1.29 is 14.3 Å². The molecular formula is C16H21ClN2O3. The first kappa shape index (κ1) is 16.8. The van der Waals surface area contributed by atoms with Crippen LogP contribution in [0.4, 0.5) is 5.69 Å². The number of benzene rings is 1. The van der Waals surface area contributed by atoms with Gasteiger partial charge in [0.2, 0.25) is 11.8 Å². The largest absolute Gasteiger partial charge is 0.376 e. The highest BCUT2D eigenvalue weighted by Crippen LogP contribution is 2.20. The van der Waals surface area contributed by atoms with Gasteiger partial charge in [-0.15, -0.1) is 0 Å². The Bertz CT molecular complexity index is 556. The van der Waals surface area contributed by atoms with E-state index in [0.29, 0.717) is 17.3 Å². The van der Waals surface area contributed by atoms with Gasteiger partial charge in [0, 0.05) is 30.8 Å². The van der Waals surface area contributed by atoms with E-state index in [0.717, 1.165) is 25.0 Å². The molecule has 1 aliphatic rings. The number of rotatable bonds is 5. The second kappa shape index (κ2) is 7.61. The van der Waals surface area contributed by atoms with Gasteiger partial charge >= 0.3 is 0 Å². The van der Waals surface area contributed by atoms with Crippen LogP contribution in [0, 0.1) is 6.92 Å². The van der Waals surface area contributed by atoms with Crippen molar-refractivity contribution in [2.75, 3.05) is 25.0 Å². The van der Waals surface area contributed by atoms with Crippen LogP contribution in [0.1, 0.15) is 25.3 Å². The molecule has 0 aliphatic carbocycles. The Morgan fingerprint density at radius 3 is 2.86 bits per heavy atom. The highest BCUT2D eigenvalue weighted by molar-refractivity contribution is 6.31. The molecule has 5 nitrogen and oxygen atoms in total. The highest BCUT2D eigenvalue weighted by atomic mass is 35.5. The topological polar surface area (TPSA) is 58.6 Å². The summed E-state index contributed by atoms with van der Waals surface area (Å²) >= 11 is 5.94. The van der Waals surface area contributed by atoms with Gasteiger partial charge in [-0.25, -0.2) is 0 Å². The fourth-order valence-corrected chi connectivity index (χ4v) is 2.60. The number of hydrogen-bond donors (Lipinski definition) is 1. The molecule has 22 heavy (non-hydrogen) atoms. The molecule has 120 valence electrons. The first-order valence-electron chi connectivity index (χ1n) is 7.39. The minimum Gasteiger partial charge on any atom is -0.376 e. The van der Waals surface area contributed by atoms with Gasteiger partial charge < -0.3 is 15.0 Å². The van der Waals surface area contributed by atoms with Crippen molar-refractivity contribution in [2.45, 2.75) is 32.8 Å². The standard InChI is InChI=1S/C16H21ClN2O3/c1-11-5-6-13(17)8-15(11)18-16(21)10-19(12(2)20)9-14-4-3-7-22-14/h5-6,8,14H,3-4,7,9-10H2,1-2H3,(H,18,21). The molecule has 1 heterocycles. The van der Waals surface area contributed by atoms with E-state index in [1.165, 1.54) is 11.8 Å². The van der Waals surface area contributed by atoms with E-state index >= 15 is 0 Å². The van der Waals surface area contributed by atoms with E-state index in [1.54, 1.807) is 12.1 Å². The molecule has 0 radical (unpaired) electrons. The zero-order chi connectivity index (χ0) is 16.1. The first-order valence-corrected chi connectivity index (χ1v) is 7.76. The number of amides is 2. The number of carbonyl (C=O) groups is 2. The predicted molar refractivity (Wildman–Crippen MR) is 86.0 cm³/mol. The molecule has 0 aromatic heterocycles. The number of nitrogens with one attached hydrogen (secondary N) is 1. The molecule has 1 fully saturated rings. The third-order valence-corrected chi connectivity index (χ3v) is 3.94. The summed E-state index contributed by atoms with van der Waals surface area (Å²) in [5.41, 5.74) is 1.59. The quantitative estimate of drug-likeness (QED) is 0.905. The third kappa shape index (κ3) is 4.71. The lowest BCUT2D eigenvalue weighted by Crippen LogP contribution is -2.41. The Labute approximate surface area is 135 Å². The van der Waals surface area contributed by atoms with Crippen LogP contribution in [-0.4, -0.2) is 42.5 Å². The van der Waals surface area contributed by atoms with Crippen molar-refractivity contribution in [1.82, 2.24) is 4.90 Å². The fourth-order valence-electron chi connectivity index (χ4n) is 2.43. The molecule has 1 atom stereocenters. The molecule has 2 rings (SSSR count). The lowest BCUT2D eigenvalue weighted by molar-refractivity contribution is -0.134. The maximum absolute atomic E-state index is 12.2. The van der Waals surface area contributed by atoms with Crippen LogP contribution in [-0.2, 0) is 14.3 Å². The molecular weight excluding hydrogens is 304 g/mol. The summed E-state index contributed by atoms with van der Waals surface area (Å²) in [5.74, 6) is -0.368. The molecule has 1 saturated heterocycles. The molecule has 0 saturated carbocycles. The third-order valence-electron chi connectivity index (χ3n) is 3.70. The maximum atomic E-state index is 12.2. The van der Waals surface area contributed by atoms with Gasteiger partial charge in [0.1, 0.15) is 0 Å². The van der Waals surface area contributed by atoms with Crippen molar-refractivity contribution in [3.8, 4) is 0 Å². The second-order valence-corrected chi connectivity index (χ2v) is 5.98. The van der Waals surface area contributed by atoms with Crippen molar-refractivity contribution in [3.63, 3.8) is 0 Å². The number of anilines is 1. The van der Waals surface area contributed by atoms with Gasteiger partial charge in [0.15, 0.2) is 0 Å². The molecule has 1 unspecified atom stereocenters. The zero-order valence-corrected chi connectivity index (χ0v) is 13.7. The molecule has 1 aliphatic heterocycles. The van der Waals surface area contributed by atoms with Crippen molar-refractivity contribution in [3.05, 3.63) is 28.8 Å². The highest BCUT2D eigenvalue weighted by Gasteiger charge is 2.22. The average molecular weight is 325 g/mol. The molecule has 1 N–H and O–H groups in total. The molecule has 1 aromatic rings. The Hall–Kier alpha value is -1.59. The van der Waals surface area contributed by atoms with Gasteiger partial charge in [-0.05, 0) is 37.5 Å². The summed E-state index contributed by atoms with van der Waals surface area (Å²) in [4.78, 5) is 25.4. The SMILES string of the molecule is CC(=O)N(CC(=O)Nc1cc(Cl)ccc1C)CC1CCCO1. The van der Waals surface area contributed by atoms with Gasteiger partial charge in [0.25, 0.3) is 0 Å². The molecule has 0 bridgehead atoms. The van der Waals surface area contributed by atoms with Gasteiger partial charge in [-0.2, -0.15) is 0 Å². The summed E-state index contributed by atoms with van der Waals surface area (Å²) in [5, 5.41) is 3.36. The first-order chi connectivity index (χ1) is 10.5. The molecule has 2 amide bonds. The summed E-state index contributed by atoms with van der Waals surface area (Å²) in [7, 11) is 0. The van der Waals surface area contributed by atoms with Crippen LogP contribution < -0.4 is 5.32 Å². The van der Waals surface area contributed by atoms with E-state index < -0.39 is 0 Å². The lowest BCUT2D eigenvalue weighted by Gasteiger charge is -2.23. The fraction of sp³-hybridized carbons (Fsp3) is 0.500. The maximum Gasteiger partial charge on any atom is 0.244 e. The summed E-state index contributed by atoms with van der Waals surface area (Å²) in [6.45, 7) is 4.55. The van der Waals surface area contributed by atoms with Crippen LogP contribution in [0.25, 0.3) is 0 Å². The van der Waals surface area contributed by atoms with E-state index in [1.807, 2.05) is 13.0 Å². The number of ether oxygens (including phenoxy) is 1. The molecule has 0 spiro atoms. The Morgan fingerprint density at radius 2 is 2.23 bits per heavy atom. The minimum absolute atomic E-state index is 0.0150. The average Bonchev–Trinajstić information content (AvgIpc) is 2.95. The van der Waals surface area contributed by atoms with Crippen LogP contribution >= 0.6 is 11.6 Å². The van der Waals surface area contributed by atoms with Crippen molar-refractivity contribution in [2.24, 2.45) is 0 Å². The number of aryl methyl sites for hydroxylation is 1. The van der Waals surface area contributed by atoms with E-state index in [4.69, 9.17) is 16.3 Å². The van der Waals surface area contributed by atoms with Crippen LogP contribution in [0.5, 0.6) is 0 Å². The zero-order valence-electron chi connectivity index (χ0n) is 12.9. The Kier molecular flexibility index (Phi) is 5.80. The Morgan fingerprint density at radius 1 is 1.45 bits per heavy atom. The smallest absolute Gasteiger partial charge is 0.244 e. The second-order valence-electron chi connectivity index (χ2n) is 5.54. The van der Waals surface area contributed by atoms with E-state index in [9.17, 15) is 9.59 Å². The Balaban J connectivity index is 1.95. The normalized spacial score (nSPS) is 17.3. The number of hydrogen-bond acceptors (Lipinski definition) is 3. The molecule has 6 heteroatoms. The summed E-state index contributed by atoms with van der Waals surface area (Å²) in [6.07, 6.45) is 1.97. The van der Waals surface area contributed by atoms with Crippen LogP contribution in [0.2, 0.25) is 5.02 Å². The van der Waals surface area contributed by atoms with Crippen LogP contribution in [0.15, 0.2) is 18.2 Å². The van der Waals surface area contributed by atoms with Crippen molar-refractivity contribution in [1.29, 1.82) is 0 Å². The number of carbonyl (C=O) groups excluding carboxylic acids is 2. The number of halogens is 1. The summed E-state index contributed by atoms with van der Waals surface area (Å²) < 4.78 is 5.53.